The Kier molecular flexibility index (Phi) is 7.43. The van der Waals surface area contributed by atoms with Crippen molar-refractivity contribution in [1.82, 2.24) is 10.2 Å². The Morgan fingerprint density at radius 3 is 2.54 bits per heavy atom. The molecular formula is C18H27F2N3O. The molecule has 4 nitrogen and oxygen atoms in total. The van der Waals surface area contributed by atoms with Crippen molar-refractivity contribution in [3.63, 3.8) is 0 Å². The Labute approximate surface area is 142 Å². The fourth-order valence-corrected chi connectivity index (χ4v) is 2.98. The summed E-state index contributed by atoms with van der Waals surface area (Å²) < 4.78 is 31.8. The van der Waals surface area contributed by atoms with E-state index in [1.807, 2.05) is 7.05 Å². The number of benzene rings is 1. The predicted octanol–water partition coefficient (Wildman–Crippen LogP) is 2.83. The highest BCUT2D eigenvalue weighted by Gasteiger charge is 2.15. The summed E-state index contributed by atoms with van der Waals surface area (Å²) in [5.74, 6) is 0.444. The van der Waals surface area contributed by atoms with Gasteiger partial charge in [0.25, 0.3) is 0 Å². The number of guanidine groups is 1. The SMILES string of the molecule is CN=C(NCCc1cc(F)cc(F)c1)N(C)CCC1CCOCC1. The van der Waals surface area contributed by atoms with Crippen LogP contribution in [0.25, 0.3) is 0 Å². The van der Waals surface area contributed by atoms with Gasteiger partial charge in [0.05, 0.1) is 0 Å². The Balaban J connectivity index is 1.74. The second-order valence-electron chi connectivity index (χ2n) is 6.27. The molecule has 0 amide bonds. The Morgan fingerprint density at radius 2 is 1.92 bits per heavy atom. The van der Waals surface area contributed by atoms with Crippen molar-refractivity contribution in [2.24, 2.45) is 10.9 Å². The number of rotatable bonds is 6. The lowest BCUT2D eigenvalue weighted by Crippen LogP contribution is -2.40. The van der Waals surface area contributed by atoms with Crippen LogP contribution in [0.2, 0.25) is 0 Å². The molecule has 0 spiro atoms. The van der Waals surface area contributed by atoms with Crippen molar-refractivity contribution in [2.75, 3.05) is 40.4 Å². The number of nitrogens with zero attached hydrogens (tertiary/aromatic N) is 2. The maximum absolute atomic E-state index is 13.2. The number of nitrogens with one attached hydrogen (secondary N) is 1. The average Bonchev–Trinajstić information content (AvgIpc) is 2.57. The van der Waals surface area contributed by atoms with Crippen molar-refractivity contribution in [1.29, 1.82) is 0 Å². The van der Waals surface area contributed by atoms with Crippen LogP contribution in [-0.2, 0) is 11.2 Å². The van der Waals surface area contributed by atoms with Gasteiger partial charge in [0.15, 0.2) is 5.96 Å². The molecule has 0 radical (unpaired) electrons. The summed E-state index contributed by atoms with van der Waals surface area (Å²) in [6.45, 7) is 3.24. The van der Waals surface area contributed by atoms with Crippen molar-refractivity contribution >= 4 is 5.96 Å². The fourth-order valence-electron chi connectivity index (χ4n) is 2.98. The first-order chi connectivity index (χ1) is 11.6. The standard InChI is InChI=1S/C18H27F2N3O/c1-21-18(23(2)8-4-14-5-9-24-10-6-14)22-7-3-15-11-16(19)13-17(20)12-15/h11-14H,3-10H2,1-2H3,(H,21,22). The van der Waals surface area contributed by atoms with E-state index in [0.29, 0.717) is 18.5 Å². The van der Waals surface area contributed by atoms with Gasteiger partial charge in [0, 0.05) is 46.5 Å². The molecule has 1 aliphatic heterocycles. The van der Waals surface area contributed by atoms with Crippen LogP contribution in [0.4, 0.5) is 8.78 Å². The van der Waals surface area contributed by atoms with Gasteiger partial charge in [-0.1, -0.05) is 0 Å². The minimum Gasteiger partial charge on any atom is -0.381 e. The third-order valence-electron chi connectivity index (χ3n) is 4.41. The van der Waals surface area contributed by atoms with E-state index in [2.05, 4.69) is 15.2 Å². The summed E-state index contributed by atoms with van der Waals surface area (Å²) in [5.41, 5.74) is 0.639. The lowest BCUT2D eigenvalue weighted by molar-refractivity contribution is 0.0625. The molecular weight excluding hydrogens is 312 g/mol. The van der Waals surface area contributed by atoms with Crippen molar-refractivity contribution in [3.05, 3.63) is 35.4 Å². The van der Waals surface area contributed by atoms with Crippen LogP contribution in [0.15, 0.2) is 23.2 Å². The molecule has 1 saturated heterocycles. The summed E-state index contributed by atoms with van der Waals surface area (Å²) in [6, 6.07) is 3.62. The summed E-state index contributed by atoms with van der Waals surface area (Å²) in [5, 5.41) is 3.25. The highest BCUT2D eigenvalue weighted by Crippen LogP contribution is 2.18. The van der Waals surface area contributed by atoms with E-state index in [9.17, 15) is 8.78 Å². The highest BCUT2D eigenvalue weighted by molar-refractivity contribution is 5.79. The van der Waals surface area contributed by atoms with Crippen molar-refractivity contribution in [3.8, 4) is 0 Å². The van der Waals surface area contributed by atoms with E-state index >= 15 is 0 Å². The van der Waals surface area contributed by atoms with Crippen LogP contribution in [0.3, 0.4) is 0 Å². The summed E-state index contributed by atoms with van der Waals surface area (Å²) >= 11 is 0. The topological polar surface area (TPSA) is 36.9 Å². The molecule has 1 aromatic rings. The van der Waals surface area contributed by atoms with E-state index in [0.717, 1.165) is 57.0 Å². The Morgan fingerprint density at radius 1 is 1.25 bits per heavy atom. The second kappa shape index (κ2) is 9.57. The number of ether oxygens (including phenoxy) is 1. The average molecular weight is 339 g/mol. The van der Waals surface area contributed by atoms with Gasteiger partial charge < -0.3 is 15.0 Å². The zero-order chi connectivity index (χ0) is 17.4. The first-order valence-corrected chi connectivity index (χ1v) is 8.53. The third-order valence-corrected chi connectivity index (χ3v) is 4.41. The molecule has 1 aliphatic rings. The van der Waals surface area contributed by atoms with Crippen LogP contribution in [0, 0.1) is 17.6 Å². The quantitative estimate of drug-likeness (QED) is 0.640. The minimum atomic E-state index is -0.539. The highest BCUT2D eigenvalue weighted by atomic mass is 19.1. The molecule has 134 valence electrons. The molecule has 1 N–H and O–H groups in total. The maximum atomic E-state index is 13.2. The van der Waals surface area contributed by atoms with Gasteiger partial charge in [0.1, 0.15) is 11.6 Å². The van der Waals surface area contributed by atoms with E-state index in [1.165, 1.54) is 12.1 Å². The molecule has 2 rings (SSSR count). The molecule has 1 aromatic carbocycles. The molecule has 0 unspecified atom stereocenters. The molecule has 0 aliphatic carbocycles. The van der Waals surface area contributed by atoms with Gasteiger partial charge in [-0.3, -0.25) is 4.99 Å². The molecule has 0 saturated carbocycles. The van der Waals surface area contributed by atoms with Crippen LogP contribution >= 0.6 is 0 Å². The molecule has 0 atom stereocenters. The van der Waals surface area contributed by atoms with Crippen molar-refractivity contribution < 1.29 is 13.5 Å². The van der Waals surface area contributed by atoms with Crippen molar-refractivity contribution in [2.45, 2.75) is 25.7 Å². The third kappa shape index (κ3) is 6.07. The second-order valence-corrected chi connectivity index (χ2v) is 6.27. The van der Waals surface area contributed by atoms with Gasteiger partial charge in [-0.05, 0) is 49.3 Å². The first kappa shape index (κ1) is 18.6. The summed E-state index contributed by atoms with van der Waals surface area (Å²) in [7, 11) is 3.76. The lowest BCUT2D eigenvalue weighted by Gasteiger charge is -2.26. The number of hydrogen-bond donors (Lipinski definition) is 1. The van der Waals surface area contributed by atoms with E-state index < -0.39 is 11.6 Å². The first-order valence-electron chi connectivity index (χ1n) is 8.53. The van der Waals surface area contributed by atoms with Gasteiger partial charge >= 0.3 is 0 Å². The largest absolute Gasteiger partial charge is 0.381 e. The van der Waals surface area contributed by atoms with Gasteiger partial charge in [-0.25, -0.2) is 8.78 Å². The number of aliphatic imine (C=N–C) groups is 1. The smallest absolute Gasteiger partial charge is 0.193 e. The maximum Gasteiger partial charge on any atom is 0.193 e. The molecule has 0 aromatic heterocycles. The molecule has 1 fully saturated rings. The molecule has 6 heteroatoms. The lowest BCUT2D eigenvalue weighted by atomic mass is 9.96. The normalized spacial score (nSPS) is 16.2. The number of halogens is 2. The predicted molar refractivity (Wildman–Crippen MR) is 92.2 cm³/mol. The summed E-state index contributed by atoms with van der Waals surface area (Å²) in [6.07, 6.45) is 3.92. The Hall–Kier alpha value is -1.69. The van der Waals surface area contributed by atoms with E-state index in [4.69, 9.17) is 4.74 Å². The summed E-state index contributed by atoms with van der Waals surface area (Å²) in [4.78, 5) is 6.38. The zero-order valence-electron chi connectivity index (χ0n) is 14.5. The van der Waals surface area contributed by atoms with Crippen LogP contribution in [-0.4, -0.2) is 51.3 Å². The van der Waals surface area contributed by atoms with Crippen LogP contribution in [0.5, 0.6) is 0 Å². The van der Waals surface area contributed by atoms with Gasteiger partial charge in [-0.2, -0.15) is 0 Å². The Bertz CT molecular complexity index is 525. The fraction of sp³-hybridized carbons (Fsp3) is 0.611. The van der Waals surface area contributed by atoms with Gasteiger partial charge in [-0.15, -0.1) is 0 Å². The minimum absolute atomic E-state index is 0.539. The molecule has 0 bridgehead atoms. The zero-order valence-corrected chi connectivity index (χ0v) is 14.5. The van der Waals surface area contributed by atoms with Crippen LogP contribution in [0.1, 0.15) is 24.8 Å². The number of hydrogen-bond acceptors (Lipinski definition) is 2. The van der Waals surface area contributed by atoms with Crippen LogP contribution < -0.4 is 5.32 Å². The monoisotopic (exact) mass is 339 g/mol. The van der Waals surface area contributed by atoms with E-state index in [-0.39, 0.29) is 0 Å². The van der Waals surface area contributed by atoms with Gasteiger partial charge in [0.2, 0.25) is 0 Å². The molecule has 1 heterocycles. The van der Waals surface area contributed by atoms with E-state index in [1.54, 1.807) is 7.05 Å². The molecule has 24 heavy (non-hydrogen) atoms.